The number of carbonyl (C=O) groups excluding carboxylic acids is 1. The largest absolute Gasteiger partial charge is 0.478 e. The van der Waals surface area contributed by atoms with E-state index >= 15 is 0 Å². The lowest BCUT2D eigenvalue weighted by Gasteiger charge is -2.04. The van der Waals surface area contributed by atoms with Gasteiger partial charge in [-0.1, -0.05) is 48.5 Å². The number of carbonyl (C=O) groups is 1. The van der Waals surface area contributed by atoms with E-state index in [1.165, 1.54) is 0 Å². The Morgan fingerprint density at radius 1 is 0.944 bits per heavy atom. The minimum Gasteiger partial charge on any atom is -0.478 e. The molecule has 0 amide bonds. The maximum absolute atomic E-state index is 11.1. The maximum Gasteiger partial charge on any atom is 0.179 e. The van der Waals surface area contributed by atoms with Gasteiger partial charge < -0.3 is 4.74 Å². The zero-order valence-corrected chi connectivity index (χ0v) is 9.74. The van der Waals surface area contributed by atoms with E-state index in [-0.39, 0.29) is 0 Å². The minimum atomic E-state index is -0.498. The molecule has 0 N–H and O–H groups in total. The van der Waals surface area contributed by atoms with Crippen LogP contribution in [0.1, 0.15) is 11.1 Å². The normalized spacial score (nSPS) is 19.3. The Morgan fingerprint density at radius 3 is 2.44 bits per heavy atom. The van der Waals surface area contributed by atoms with Crippen LogP contribution < -0.4 is 4.74 Å². The second-order valence-corrected chi connectivity index (χ2v) is 4.18. The summed E-state index contributed by atoms with van der Waals surface area (Å²) >= 11 is 0. The molecule has 2 nitrogen and oxygen atoms in total. The molecule has 88 valence electrons. The topological polar surface area (TPSA) is 26.3 Å². The van der Waals surface area contributed by atoms with E-state index in [1.807, 2.05) is 60.7 Å². The number of hydrogen-bond acceptors (Lipinski definition) is 2. The minimum absolute atomic E-state index is 0.498. The summed E-state index contributed by atoms with van der Waals surface area (Å²) in [5.74, 6) is 0.775. The molecule has 0 spiro atoms. The molecule has 0 saturated heterocycles. The molecule has 1 heterocycles. The first-order valence-electron chi connectivity index (χ1n) is 5.86. The summed E-state index contributed by atoms with van der Waals surface area (Å²) < 4.78 is 5.60. The zero-order valence-electron chi connectivity index (χ0n) is 9.74. The molecular formula is C16H12O2. The van der Waals surface area contributed by atoms with Crippen molar-refractivity contribution < 1.29 is 9.53 Å². The molecule has 18 heavy (non-hydrogen) atoms. The molecule has 2 heteroatoms. The van der Waals surface area contributed by atoms with Crippen molar-refractivity contribution in [3.8, 4) is 5.75 Å². The van der Waals surface area contributed by atoms with Gasteiger partial charge in [0.2, 0.25) is 0 Å². The number of hydrogen-bond donors (Lipinski definition) is 0. The van der Waals surface area contributed by atoms with Crippen molar-refractivity contribution in [1.29, 1.82) is 0 Å². The fourth-order valence-corrected chi connectivity index (χ4v) is 2.15. The van der Waals surface area contributed by atoms with Gasteiger partial charge in [0.05, 0.1) is 0 Å². The predicted molar refractivity (Wildman–Crippen MR) is 71.2 cm³/mol. The number of fused-ring (bicyclic) bond motifs is 1. The molecule has 0 aliphatic carbocycles. The summed E-state index contributed by atoms with van der Waals surface area (Å²) in [6, 6.07) is 17.7. The zero-order chi connectivity index (χ0) is 12.4. The quantitative estimate of drug-likeness (QED) is 0.748. The molecular weight excluding hydrogens is 224 g/mol. The molecule has 2 aromatic carbocycles. The number of ether oxygens (including phenoxy) is 1. The van der Waals surface area contributed by atoms with Gasteiger partial charge in [-0.05, 0) is 17.7 Å². The molecule has 0 radical (unpaired) electrons. The molecule has 0 aromatic heterocycles. The van der Waals surface area contributed by atoms with Gasteiger partial charge >= 0.3 is 0 Å². The Bertz CT molecular complexity index is 600. The highest BCUT2D eigenvalue weighted by Gasteiger charge is 2.27. The van der Waals surface area contributed by atoms with Crippen LogP contribution in [0.25, 0.3) is 11.6 Å². The summed E-state index contributed by atoms with van der Waals surface area (Å²) in [6.07, 6.45) is 2.35. The van der Waals surface area contributed by atoms with Crippen molar-refractivity contribution in [2.45, 2.75) is 6.10 Å². The van der Waals surface area contributed by atoms with Gasteiger partial charge in [-0.15, -0.1) is 0 Å². The third-order valence-electron chi connectivity index (χ3n) is 3.00. The highest BCUT2D eigenvalue weighted by Crippen LogP contribution is 2.37. The molecule has 0 saturated carbocycles. The summed E-state index contributed by atoms with van der Waals surface area (Å²) in [5.41, 5.74) is 2.99. The van der Waals surface area contributed by atoms with Crippen molar-refractivity contribution in [3.63, 3.8) is 0 Å². The Morgan fingerprint density at radius 2 is 1.67 bits per heavy atom. The first-order valence-corrected chi connectivity index (χ1v) is 5.86. The van der Waals surface area contributed by atoms with E-state index < -0.39 is 6.10 Å². The highest BCUT2D eigenvalue weighted by molar-refractivity contribution is 5.96. The van der Waals surface area contributed by atoms with E-state index in [4.69, 9.17) is 4.74 Å². The van der Waals surface area contributed by atoms with Gasteiger partial charge in [0.1, 0.15) is 5.75 Å². The standard InChI is InChI=1S/C16H12O2/c17-11-16-14(10-12-6-2-1-3-7-12)13-8-4-5-9-15(13)18-16/h1-11,16H. The van der Waals surface area contributed by atoms with Gasteiger partial charge in [0.15, 0.2) is 12.4 Å². The van der Waals surface area contributed by atoms with Gasteiger partial charge in [0.25, 0.3) is 0 Å². The second kappa shape index (κ2) is 4.49. The van der Waals surface area contributed by atoms with Crippen LogP contribution in [0, 0.1) is 0 Å². The molecule has 2 aromatic rings. The smallest absolute Gasteiger partial charge is 0.179 e. The van der Waals surface area contributed by atoms with Crippen LogP contribution in [0.5, 0.6) is 5.75 Å². The van der Waals surface area contributed by atoms with Crippen molar-refractivity contribution in [2.24, 2.45) is 0 Å². The van der Waals surface area contributed by atoms with Crippen LogP contribution in [-0.2, 0) is 4.79 Å². The summed E-state index contributed by atoms with van der Waals surface area (Å²) in [5, 5.41) is 0. The molecule has 1 aliphatic heterocycles. The third kappa shape index (κ3) is 1.82. The average Bonchev–Trinajstić information content (AvgIpc) is 2.78. The number of benzene rings is 2. The van der Waals surface area contributed by atoms with Crippen LogP contribution in [0.4, 0.5) is 0 Å². The molecule has 1 unspecified atom stereocenters. The van der Waals surface area contributed by atoms with Crippen molar-refractivity contribution in [2.75, 3.05) is 0 Å². The summed E-state index contributed by atoms with van der Waals surface area (Å²) in [7, 11) is 0. The number of para-hydroxylation sites is 1. The Balaban J connectivity index is 2.09. The average molecular weight is 236 g/mol. The van der Waals surface area contributed by atoms with Gasteiger partial charge in [-0.25, -0.2) is 0 Å². The van der Waals surface area contributed by atoms with Crippen LogP contribution >= 0.6 is 0 Å². The summed E-state index contributed by atoms with van der Waals surface area (Å²) in [6.45, 7) is 0. The highest BCUT2D eigenvalue weighted by atomic mass is 16.5. The molecule has 0 fully saturated rings. The van der Waals surface area contributed by atoms with Crippen molar-refractivity contribution in [3.05, 3.63) is 65.7 Å². The fourth-order valence-electron chi connectivity index (χ4n) is 2.15. The van der Waals surface area contributed by atoms with Crippen molar-refractivity contribution in [1.82, 2.24) is 0 Å². The monoisotopic (exact) mass is 236 g/mol. The van der Waals surface area contributed by atoms with Crippen LogP contribution in [0.3, 0.4) is 0 Å². The van der Waals surface area contributed by atoms with E-state index in [0.29, 0.717) is 0 Å². The Hall–Kier alpha value is -2.35. The number of aldehydes is 1. The van der Waals surface area contributed by atoms with Gasteiger partial charge in [-0.2, -0.15) is 0 Å². The fraction of sp³-hybridized carbons (Fsp3) is 0.0625. The Labute approximate surface area is 106 Å². The first-order chi connectivity index (χ1) is 8.88. The van der Waals surface area contributed by atoms with Crippen molar-refractivity contribution >= 4 is 17.9 Å². The van der Waals surface area contributed by atoms with Gasteiger partial charge in [-0.3, -0.25) is 4.79 Å². The van der Waals surface area contributed by atoms with Crippen LogP contribution in [-0.4, -0.2) is 12.4 Å². The Kier molecular flexibility index (Phi) is 2.69. The van der Waals surface area contributed by atoms with E-state index in [0.717, 1.165) is 28.7 Å². The van der Waals surface area contributed by atoms with Crippen LogP contribution in [0.2, 0.25) is 0 Å². The van der Waals surface area contributed by atoms with Crippen LogP contribution in [0.15, 0.2) is 54.6 Å². The first kappa shape index (κ1) is 10.8. The second-order valence-electron chi connectivity index (χ2n) is 4.18. The van der Waals surface area contributed by atoms with E-state index in [1.54, 1.807) is 0 Å². The maximum atomic E-state index is 11.1. The molecule has 0 bridgehead atoms. The number of rotatable bonds is 2. The summed E-state index contributed by atoms with van der Waals surface area (Å²) in [4.78, 5) is 11.1. The van der Waals surface area contributed by atoms with E-state index in [2.05, 4.69) is 0 Å². The lowest BCUT2D eigenvalue weighted by molar-refractivity contribution is -0.111. The lowest BCUT2D eigenvalue weighted by Crippen LogP contribution is -2.13. The predicted octanol–water partition coefficient (Wildman–Crippen LogP) is 3.19. The molecule has 1 atom stereocenters. The van der Waals surface area contributed by atoms with E-state index in [9.17, 15) is 4.79 Å². The molecule has 1 aliphatic rings. The lowest BCUT2D eigenvalue weighted by atomic mass is 10.0. The molecule has 3 rings (SSSR count). The van der Waals surface area contributed by atoms with Gasteiger partial charge in [0, 0.05) is 11.1 Å². The third-order valence-corrected chi connectivity index (χ3v) is 3.00. The SMILES string of the molecule is O=CC1Oc2ccccc2C1=Cc1ccccc1.